The zero-order chi connectivity index (χ0) is 12.7. The van der Waals surface area contributed by atoms with Crippen LogP contribution in [0.15, 0.2) is 12.1 Å². The highest BCUT2D eigenvalue weighted by Gasteiger charge is 2.29. The summed E-state index contributed by atoms with van der Waals surface area (Å²) in [4.78, 5) is 16.1. The van der Waals surface area contributed by atoms with Crippen LogP contribution < -0.4 is 4.74 Å². The Kier molecular flexibility index (Phi) is 2.43. The molecular weight excluding hydrogens is 234 g/mol. The molecule has 2 aromatic rings. The highest BCUT2D eigenvalue weighted by Crippen LogP contribution is 2.38. The van der Waals surface area contributed by atoms with Crippen LogP contribution in [-0.4, -0.2) is 34.8 Å². The minimum absolute atomic E-state index is 0.354. The fourth-order valence-corrected chi connectivity index (χ4v) is 1.89. The molecule has 6 heteroatoms. The van der Waals surface area contributed by atoms with Gasteiger partial charge in [0.1, 0.15) is 0 Å². The van der Waals surface area contributed by atoms with E-state index in [0.29, 0.717) is 23.0 Å². The Hall–Kier alpha value is -2.11. The molecule has 1 aliphatic carbocycles. The zero-order valence-electron chi connectivity index (χ0n) is 10.2. The molecule has 0 saturated heterocycles. The second-order valence-corrected chi connectivity index (χ2v) is 4.26. The summed E-state index contributed by atoms with van der Waals surface area (Å²) in [6.45, 7) is 0. The Bertz CT molecular complexity index is 616. The molecular formula is C12H13N3O3. The van der Waals surface area contributed by atoms with Crippen molar-refractivity contribution in [1.82, 2.24) is 14.6 Å². The van der Waals surface area contributed by atoms with Gasteiger partial charge in [-0.1, -0.05) is 0 Å². The number of aromatic nitrogens is 3. The van der Waals surface area contributed by atoms with E-state index < -0.39 is 5.97 Å². The lowest BCUT2D eigenvalue weighted by Gasteiger charge is -2.04. The third kappa shape index (κ3) is 1.61. The van der Waals surface area contributed by atoms with Crippen molar-refractivity contribution >= 4 is 11.6 Å². The standard InChI is InChI=1S/C12H13N3O3/c1-17-9-6-5-8(12(16)18-2)15-11(9)13-10(14-15)7-3-4-7/h5-7H,3-4H2,1-2H3. The van der Waals surface area contributed by atoms with Crippen molar-refractivity contribution in [2.45, 2.75) is 18.8 Å². The number of pyridine rings is 1. The van der Waals surface area contributed by atoms with E-state index in [1.54, 1.807) is 19.2 Å². The van der Waals surface area contributed by atoms with E-state index in [2.05, 4.69) is 10.1 Å². The number of carbonyl (C=O) groups excluding carboxylic acids is 1. The predicted molar refractivity (Wildman–Crippen MR) is 62.9 cm³/mol. The largest absolute Gasteiger partial charge is 0.493 e. The van der Waals surface area contributed by atoms with Crippen LogP contribution in [0.2, 0.25) is 0 Å². The highest BCUT2D eigenvalue weighted by molar-refractivity contribution is 5.88. The Labute approximate surface area is 104 Å². The van der Waals surface area contributed by atoms with Crippen molar-refractivity contribution < 1.29 is 14.3 Å². The molecule has 0 aliphatic heterocycles. The monoisotopic (exact) mass is 247 g/mol. The summed E-state index contributed by atoms with van der Waals surface area (Å²) in [5.74, 6) is 1.35. The van der Waals surface area contributed by atoms with E-state index >= 15 is 0 Å². The first-order chi connectivity index (χ1) is 8.74. The Morgan fingerprint density at radius 3 is 2.78 bits per heavy atom. The van der Waals surface area contributed by atoms with Gasteiger partial charge in [0.2, 0.25) is 0 Å². The third-order valence-corrected chi connectivity index (χ3v) is 3.02. The molecule has 18 heavy (non-hydrogen) atoms. The van der Waals surface area contributed by atoms with Gasteiger partial charge < -0.3 is 9.47 Å². The number of hydrogen-bond donors (Lipinski definition) is 0. The summed E-state index contributed by atoms with van der Waals surface area (Å²) in [6.07, 6.45) is 2.21. The molecule has 0 N–H and O–H groups in total. The van der Waals surface area contributed by atoms with E-state index in [1.807, 2.05) is 0 Å². The topological polar surface area (TPSA) is 65.7 Å². The molecule has 0 unspecified atom stereocenters. The van der Waals surface area contributed by atoms with Crippen molar-refractivity contribution in [2.75, 3.05) is 14.2 Å². The molecule has 2 aromatic heterocycles. The fraction of sp³-hybridized carbons (Fsp3) is 0.417. The number of hydrogen-bond acceptors (Lipinski definition) is 5. The lowest BCUT2D eigenvalue weighted by molar-refractivity contribution is 0.0590. The zero-order valence-corrected chi connectivity index (χ0v) is 10.2. The first kappa shape index (κ1) is 11.0. The number of carbonyl (C=O) groups is 1. The maximum atomic E-state index is 11.7. The number of methoxy groups -OCH3 is 2. The lowest BCUT2D eigenvalue weighted by atomic mass is 10.3. The van der Waals surface area contributed by atoms with Crippen molar-refractivity contribution in [2.24, 2.45) is 0 Å². The maximum absolute atomic E-state index is 11.7. The van der Waals surface area contributed by atoms with Gasteiger partial charge in [0.15, 0.2) is 22.9 Å². The second kappa shape index (κ2) is 3.97. The fourth-order valence-electron chi connectivity index (χ4n) is 1.89. The van der Waals surface area contributed by atoms with Crippen LogP contribution in [0.1, 0.15) is 35.1 Å². The highest BCUT2D eigenvalue weighted by atomic mass is 16.5. The smallest absolute Gasteiger partial charge is 0.356 e. The number of ether oxygens (including phenoxy) is 2. The van der Waals surface area contributed by atoms with Gasteiger partial charge >= 0.3 is 5.97 Å². The van der Waals surface area contributed by atoms with Crippen LogP contribution in [0.5, 0.6) is 5.75 Å². The van der Waals surface area contributed by atoms with Crippen molar-refractivity contribution in [3.8, 4) is 5.75 Å². The normalized spacial score (nSPS) is 14.8. The summed E-state index contributed by atoms with van der Waals surface area (Å²) in [7, 11) is 2.91. The summed E-state index contributed by atoms with van der Waals surface area (Å²) < 4.78 is 11.5. The van der Waals surface area contributed by atoms with Gasteiger partial charge in [-0.3, -0.25) is 0 Å². The van der Waals surface area contributed by atoms with Crippen LogP contribution >= 0.6 is 0 Å². The van der Waals surface area contributed by atoms with E-state index in [4.69, 9.17) is 9.47 Å². The van der Waals surface area contributed by atoms with Gasteiger partial charge in [-0.05, 0) is 25.0 Å². The average molecular weight is 247 g/mol. The molecule has 0 radical (unpaired) electrons. The number of esters is 1. The molecule has 0 amide bonds. The molecule has 6 nitrogen and oxygen atoms in total. The summed E-state index contributed by atoms with van der Waals surface area (Å²) in [6, 6.07) is 3.33. The van der Waals surface area contributed by atoms with Gasteiger partial charge in [0, 0.05) is 5.92 Å². The van der Waals surface area contributed by atoms with Gasteiger partial charge in [0.25, 0.3) is 0 Å². The first-order valence-electron chi connectivity index (χ1n) is 5.76. The van der Waals surface area contributed by atoms with Crippen molar-refractivity contribution in [3.05, 3.63) is 23.7 Å². The van der Waals surface area contributed by atoms with Gasteiger partial charge in [-0.25, -0.2) is 14.3 Å². The number of nitrogens with zero attached hydrogens (tertiary/aromatic N) is 3. The number of rotatable bonds is 3. The third-order valence-electron chi connectivity index (χ3n) is 3.02. The Morgan fingerprint density at radius 1 is 1.39 bits per heavy atom. The molecule has 2 heterocycles. The van der Waals surface area contributed by atoms with Crippen LogP contribution in [0, 0.1) is 0 Å². The summed E-state index contributed by atoms with van der Waals surface area (Å²) in [5, 5.41) is 4.38. The SMILES string of the molecule is COC(=O)c1ccc(OC)c2nc(C3CC3)nn12. The first-order valence-corrected chi connectivity index (χ1v) is 5.76. The molecule has 0 spiro atoms. The quantitative estimate of drug-likeness (QED) is 0.767. The Morgan fingerprint density at radius 2 is 2.17 bits per heavy atom. The lowest BCUT2D eigenvalue weighted by Crippen LogP contribution is -2.09. The van der Waals surface area contributed by atoms with E-state index in [0.717, 1.165) is 18.7 Å². The number of fused-ring (bicyclic) bond motifs is 1. The molecule has 94 valence electrons. The van der Waals surface area contributed by atoms with Gasteiger partial charge in [-0.2, -0.15) is 5.10 Å². The van der Waals surface area contributed by atoms with Gasteiger partial charge in [0.05, 0.1) is 14.2 Å². The minimum atomic E-state index is -0.435. The summed E-state index contributed by atoms with van der Waals surface area (Å²) >= 11 is 0. The second-order valence-electron chi connectivity index (χ2n) is 4.26. The van der Waals surface area contributed by atoms with Crippen LogP contribution in [0.3, 0.4) is 0 Å². The van der Waals surface area contributed by atoms with Crippen molar-refractivity contribution in [3.63, 3.8) is 0 Å². The summed E-state index contributed by atoms with van der Waals surface area (Å²) in [5.41, 5.74) is 0.912. The minimum Gasteiger partial charge on any atom is -0.493 e. The molecule has 0 aromatic carbocycles. The van der Waals surface area contributed by atoms with Crippen LogP contribution in [0.25, 0.3) is 5.65 Å². The molecule has 1 saturated carbocycles. The van der Waals surface area contributed by atoms with E-state index in [9.17, 15) is 4.79 Å². The molecule has 0 bridgehead atoms. The predicted octanol–water partition coefficient (Wildman–Crippen LogP) is 1.40. The van der Waals surface area contributed by atoms with Crippen LogP contribution in [-0.2, 0) is 4.74 Å². The van der Waals surface area contributed by atoms with E-state index in [-0.39, 0.29) is 0 Å². The molecule has 1 fully saturated rings. The molecule has 0 atom stereocenters. The average Bonchev–Trinajstić information content (AvgIpc) is 3.15. The van der Waals surface area contributed by atoms with Crippen molar-refractivity contribution in [1.29, 1.82) is 0 Å². The molecule has 3 rings (SSSR count). The van der Waals surface area contributed by atoms with Gasteiger partial charge in [-0.15, -0.1) is 0 Å². The maximum Gasteiger partial charge on any atom is 0.356 e. The Balaban J connectivity index is 2.22. The van der Waals surface area contributed by atoms with E-state index in [1.165, 1.54) is 11.6 Å². The molecule has 1 aliphatic rings. The van der Waals surface area contributed by atoms with Crippen LogP contribution in [0.4, 0.5) is 0 Å².